The number of rotatable bonds is 5. The maximum Gasteiger partial charge on any atom is 0.323 e. The van der Waals surface area contributed by atoms with E-state index in [1.807, 2.05) is 13.8 Å². The standard InChI is InChI=1S/C11H20N2O4/c1-8(2)13(6-11(15)16)10(14)5-9-7-17-4-3-12-9/h8-9,12H,3-7H2,1-2H3,(H,15,16). The van der Waals surface area contributed by atoms with Gasteiger partial charge in [0.05, 0.1) is 13.2 Å². The van der Waals surface area contributed by atoms with E-state index in [9.17, 15) is 9.59 Å². The lowest BCUT2D eigenvalue weighted by molar-refractivity contribution is -0.146. The summed E-state index contributed by atoms with van der Waals surface area (Å²) in [6.07, 6.45) is 0.283. The molecule has 98 valence electrons. The first-order valence-corrected chi connectivity index (χ1v) is 5.83. The number of hydrogen-bond donors (Lipinski definition) is 2. The second-order valence-corrected chi connectivity index (χ2v) is 4.44. The number of carboxylic acid groups (broad SMARTS) is 1. The van der Waals surface area contributed by atoms with E-state index in [1.165, 1.54) is 4.90 Å². The summed E-state index contributed by atoms with van der Waals surface area (Å²) in [5, 5.41) is 11.9. The first kappa shape index (κ1) is 13.9. The fourth-order valence-corrected chi connectivity index (χ4v) is 1.78. The number of carboxylic acids is 1. The van der Waals surface area contributed by atoms with Gasteiger partial charge in [0.2, 0.25) is 5.91 Å². The van der Waals surface area contributed by atoms with Gasteiger partial charge in [0.1, 0.15) is 6.54 Å². The van der Waals surface area contributed by atoms with Crippen molar-refractivity contribution >= 4 is 11.9 Å². The normalized spacial score (nSPS) is 20.3. The number of nitrogens with zero attached hydrogens (tertiary/aromatic N) is 1. The van der Waals surface area contributed by atoms with Gasteiger partial charge in [-0.1, -0.05) is 0 Å². The molecule has 1 heterocycles. The minimum atomic E-state index is -0.986. The Bertz CT molecular complexity index is 275. The lowest BCUT2D eigenvalue weighted by Crippen LogP contribution is -2.47. The van der Waals surface area contributed by atoms with E-state index in [4.69, 9.17) is 9.84 Å². The van der Waals surface area contributed by atoms with Crippen molar-refractivity contribution < 1.29 is 19.4 Å². The first-order valence-electron chi connectivity index (χ1n) is 5.83. The van der Waals surface area contributed by atoms with E-state index in [0.717, 1.165) is 6.54 Å². The molecule has 0 aliphatic carbocycles. The highest BCUT2D eigenvalue weighted by molar-refractivity contribution is 5.82. The van der Waals surface area contributed by atoms with Gasteiger partial charge in [-0.05, 0) is 13.8 Å². The summed E-state index contributed by atoms with van der Waals surface area (Å²) >= 11 is 0. The fourth-order valence-electron chi connectivity index (χ4n) is 1.78. The average Bonchev–Trinajstić information content (AvgIpc) is 2.26. The van der Waals surface area contributed by atoms with Crippen molar-refractivity contribution in [2.45, 2.75) is 32.4 Å². The summed E-state index contributed by atoms with van der Waals surface area (Å²) in [5.74, 6) is -1.13. The SMILES string of the molecule is CC(C)N(CC(=O)O)C(=O)CC1COCCN1. The number of hydrogen-bond acceptors (Lipinski definition) is 4. The molecule has 0 aromatic rings. The maximum atomic E-state index is 12.0. The van der Waals surface area contributed by atoms with E-state index in [2.05, 4.69) is 5.32 Å². The third-order valence-corrected chi connectivity index (χ3v) is 2.67. The van der Waals surface area contributed by atoms with Crippen LogP contribution in [0.25, 0.3) is 0 Å². The molecule has 0 radical (unpaired) electrons. The van der Waals surface area contributed by atoms with Gasteiger partial charge in [0.25, 0.3) is 0 Å². The van der Waals surface area contributed by atoms with Gasteiger partial charge < -0.3 is 20.1 Å². The Labute approximate surface area is 101 Å². The van der Waals surface area contributed by atoms with Crippen LogP contribution in [0.3, 0.4) is 0 Å². The molecule has 0 saturated carbocycles. The third-order valence-electron chi connectivity index (χ3n) is 2.67. The summed E-state index contributed by atoms with van der Waals surface area (Å²) < 4.78 is 5.25. The van der Waals surface area contributed by atoms with E-state index < -0.39 is 5.97 Å². The summed E-state index contributed by atoms with van der Waals surface area (Å²) in [4.78, 5) is 24.0. The molecule has 1 unspecified atom stereocenters. The van der Waals surface area contributed by atoms with Crippen LogP contribution in [0, 0.1) is 0 Å². The Hall–Kier alpha value is -1.14. The summed E-state index contributed by atoms with van der Waals surface area (Å²) in [5.41, 5.74) is 0. The molecule has 0 aromatic heterocycles. The van der Waals surface area contributed by atoms with Crippen LogP contribution in [0.15, 0.2) is 0 Å². The number of carbonyl (C=O) groups is 2. The molecule has 1 fully saturated rings. The van der Waals surface area contributed by atoms with Crippen molar-refractivity contribution in [2.75, 3.05) is 26.3 Å². The number of nitrogens with one attached hydrogen (secondary N) is 1. The second kappa shape index (κ2) is 6.56. The first-order chi connectivity index (χ1) is 8.00. The fraction of sp³-hybridized carbons (Fsp3) is 0.818. The zero-order valence-corrected chi connectivity index (χ0v) is 10.3. The van der Waals surface area contributed by atoms with Gasteiger partial charge in [0, 0.05) is 25.0 Å². The average molecular weight is 244 g/mol. The highest BCUT2D eigenvalue weighted by Gasteiger charge is 2.24. The van der Waals surface area contributed by atoms with Crippen LogP contribution < -0.4 is 5.32 Å². The predicted molar refractivity (Wildman–Crippen MR) is 61.7 cm³/mol. The van der Waals surface area contributed by atoms with Crippen molar-refractivity contribution in [1.82, 2.24) is 10.2 Å². The molecule has 1 rings (SSSR count). The molecule has 1 saturated heterocycles. The van der Waals surface area contributed by atoms with Crippen LogP contribution in [-0.2, 0) is 14.3 Å². The van der Waals surface area contributed by atoms with Crippen molar-refractivity contribution in [3.8, 4) is 0 Å². The van der Waals surface area contributed by atoms with Gasteiger partial charge in [-0.25, -0.2) is 0 Å². The number of ether oxygens (including phenoxy) is 1. The van der Waals surface area contributed by atoms with Crippen molar-refractivity contribution in [2.24, 2.45) is 0 Å². The molecule has 17 heavy (non-hydrogen) atoms. The van der Waals surface area contributed by atoms with Crippen LogP contribution >= 0.6 is 0 Å². The van der Waals surface area contributed by atoms with Gasteiger partial charge in [-0.3, -0.25) is 9.59 Å². The van der Waals surface area contributed by atoms with Crippen LogP contribution in [0.5, 0.6) is 0 Å². The summed E-state index contributed by atoms with van der Waals surface area (Å²) in [6.45, 7) is 5.28. The second-order valence-electron chi connectivity index (χ2n) is 4.44. The quantitative estimate of drug-likeness (QED) is 0.693. The van der Waals surface area contributed by atoms with E-state index >= 15 is 0 Å². The molecular weight excluding hydrogens is 224 g/mol. The van der Waals surface area contributed by atoms with Gasteiger partial charge >= 0.3 is 5.97 Å². The van der Waals surface area contributed by atoms with Crippen LogP contribution in [0.2, 0.25) is 0 Å². The molecular formula is C11H20N2O4. The highest BCUT2D eigenvalue weighted by atomic mass is 16.5. The highest BCUT2D eigenvalue weighted by Crippen LogP contribution is 2.06. The van der Waals surface area contributed by atoms with Crippen molar-refractivity contribution in [3.63, 3.8) is 0 Å². The van der Waals surface area contributed by atoms with E-state index in [1.54, 1.807) is 0 Å². The Balaban J connectivity index is 2.49. The van der Waals surface area contributed by atoms with Gasteiger partial charge in [0.15, 0.2) is 0 Å². The zero-order valence-electron chi connectivity index (χ0n) is 10.3. The van der Waals surface area contributed by atoms with Crippen molar-refractivity contribution in [3.05, 3.63) is 0 Å². The largest absolute Gasteiger partial charge is 0.480 e. The molecule has 1 atom stereocenters. The molecule has 6 heteroatoms. The molecule has 1 aliphatic heterocycles. The smallest absolute Gasteiger partial charge is 0.323 e. The van der Waals surface area contributed by atoms with Crippen LogP contribution in [0.1, 0.15) is 20.3 Å². The monoisotopic (exact) mass is 244 g/mol. The molecule has 1 aliphatic rings. The van der Waals surface area contributed by atoms with E-state index in [0.29, 0.717) is 13.2 Å². The third kappa shape index (κ3) is 4.70. The summed E-state index contributed by atoms with van der Waals surface area (Å²) in [6, 6.07) is -0.116. The topological polar surface area (TPSA) is 78.9 Å². The zero-order chi connectivity index (χ0) is 12.8. The Kier molecular flexibility index (Phi) is 5.37. The Morgan fingerprint density at radius 1 is 1.53 bits per heavy atom. The molecule has 1 amide bonds. The number of aliphatic carboxylic acids is 1. The number of carbonyl (C=O) groups excluding carboxylic acids is 1. The molecule has 2 N–H and O–H groups in total. The minimum Gasteiger partial charge on any atom is -0.480 e. The summed E-state index contributed by atoms with van der Waals surface area (Å²) in [7, 11) is 0. The van der Waals surface area contributed by atoms with Crippen LogP contribution in [0.4, 0.5) is 0 Å². The van der Waals surface area contributed by atoms with Gasteiger partial charge in [-0.15, -0.1) is 0 Å². The molecule has 0 bridgehead atoms. The molecule has 0 spiro atoms. The maximum absolute atomic E-state index is 12.0. The van der Waals surface area contributed by atoms with E-state index in [-0.39, 0.29) is 31.0 Å². The van der Waals surface area contributed by atoms with Crippen LogP contribution in [-0.4, -0.2) is 60.3 Å². The molecule has 0 aromatic carbocycles. The van der Waals surface area contributed by atoms with Gasteiger partial charge in [-0.2, -0.15) is 0 Å². The van der Waals surface area contributed by atoms with Crippen molar-refractivity contribution in [1.29, 1.82) is 0 Å². The lowest BCUT2D eigenvalue weighted by atomic mass is 10.1. The number of amides is 1. The minimum absolute atomic E-state index is 0.00806. The molecule has 6 nitrogen and oxygen atoms in total. The lowest BCUT2D eigenvalue weighted by Gasteiger charge is -2.29. The predicted octanol–water partition coefficient (Wildman–Crippen LogP) is -0.313. The Morgan fingerprint density at radius 3 is 2.71 bits per heavy atom. The number of morpholine rings is 1. The Morgan fingerprint density at radius 2 is 2.24 bits per heavy atom.